The highest BCUT2D eigenvalue weighted by Gasteiger charge is 2.30. The summed E-state index contributed by atoms with van der Waals surface area (Å²) in [6.45, 7) is 10.8. The number of sulfone groups is 1. The Morgan fingerprint density at radius 2 is 1.90 bits per heavy atom. The van der Waals surface area contributed by atoms with Gasteiger partial charge in [-0.15, -0.1) is 24.0 Å². The summed E-state index contributed by atoms with van der Waals surface area (Å²) in [6, 6.07) is 7.07. The molecule has 1 aromatic rings. The molecule has 0 bridgehead atoms. The van der Waals surface area contributed by atoms with Gasteiger partial charge in [0, 0.05) is 38.5 Å². The number of nitrogens with one attached hydrogen (secondary N) is 2. The van der Waals surface area contributed by atoms with Gasteiger partial charge in [0.05, 0.1) is 4.90 Å². The van der Waals surface area contributed by atoms with Crippen LogP contribution in [0.3, 0.4) is 0 Å². The van der Waals surface area contributed by atoms with Crippen LogP contribution in [-0.2, 0) is 16.3 Å². The Hall–Kier alpha value is -0.870. The predicted molar refractivity (Wildman–Crippen MR) is 132 cm³/mol. The largest absolute Gasteiger partial charge is 0.356 e. The van der Waals surface area contributed by atoms with Crippen LogP contribution in [0.25, 0.3) is 0 Å². The molecule has 1 atom stereocenters. The molecule has 1 unspecified atom stereocenters. The van der Waals surface area contributed by atoms with Crippen LogP contribution < -0.4 is 10.6 Å². The monoisotopic (exact) mass is 536 g/mol. The lowest BCUT2D eigenvalue weighted by Crippen LogP contribution is -2.56. The summed E-state index contributed by atoms with van der Waals surface area (Å²) < 4.78 is 23.1. The highest BCUT2D eigenvalue weighted by molar-refractivity contribution is 14.0. The summed E-state index contributed by atoms with van der Waals surface area (Å²) in [5.74, 6) is 1.56. The lowest BCUT2D eigenvalue weighted by Gasteiger charge is -2.43. The molecule has 6 nitrogen and oxygen atoms in total. The van der Waals surface area contributed by atoms with Gasteiger partial charge < -0.3 is 10.6 Å². The van der Waals surface area contributed by atoms with Crippen LogP contribution in [0.1, 0.15) is 39.2 Å². The Kier molecular flexibility index (Phi) is 10.4. The highest BCUT2D eigenvalue weighted by atomic mass is 127. The molecule has 1 fully saturated rings. The summed E-state index contributed by atoms with van der Waals surface area (Å²) in [4.78, 5) is 7.26. The minimum Gasteiger partial charge on any atom is -0.356 e. The van der Waals surface area contributed by atoms with Crippen molar-refractivity contribution in [3.8, 4) is 0 Å². The van der Waals surface area contributed by atoms with Crippen molar-refractivity contribution in [2.75, 3.05) is 39.5 Å². The third kappa shape index (κ3) is 8.41. The molecule has 29 heavy (non-hydrogen) atoms. The van der Waals surface area contributed by atoms with Crippen LogP contribution in [0.15, 0.2) is 34.2 Å². The number of halogens is 1. The van der Waals surface area contributed by atoms with Gasteiger partial charge in [-0.05, 0) is 63.3 Å². The molecule has 0 saturated carbocycles. The minimum absolute atomic E-state index is 0. The van der Waals surface area contributed by atoms with E-state index in [9.17, 15) is 8.42 Å². The van der Waals surface area contributed by atoms with Crippen LogP contribution in [0, 0.1) is 5.92 Å². The average Bonchev–Trinajstić information content (AvgIpc) is 2.64. The van der Waals surface area contributed by atoms with E-state index in [1.54, 1.807) is 19.2 Å². The number of nitrogens with zero attached hydrogens (tertiary/aromatic N) is 2. The van der Waals surface area contributed by atoms with Crippen molar-refractivity contribution < 1.29 is 8.42 Å². The molecule has 2 rings (SSSR count). The second-order valence-electron chi connectivity index (χ2n) is 8.52. The van der Waals surface area contributed by atoms with Crippen LogP contribution in [-0.4, -0.2) is 64.3 Å². The SMILES string of the molecule is CN=C(NCCc1ccc(S(C)(=O)=O)cc1)NCC(C)(C)N1CCCC(C)C1.I. The standard InChI is InChI=1S/C21H36N4O2S.HI/c1-17-7-6-14-25(15-17)21(2,3)16-24-20(22-4)23-13-12-18-8-10-19(11-9-18)28(5,26)27;/h8-11,17H,6-7,12-16H2,1-5H3,(H2,22,23,24);1H. The van der Waals surface area contributed by atoms with Gasteiger partial charge in [-0.25, -0.2) is 8.42 Å². The Morgan fingerprint density at radius 3 is 2.45 bits per heavy atom. The lowest BCUT2D eigenvalue weighted by atomic mass is 9.93. The average molecular weight is 537 g/mol. The molecule has 1 aromatic carbocycles. The third-order valence-corrected chi connectivity index (χ3v) is 6.61. The number of benzene rings is 1. The summed E-state index contributed by atoms with van der Waals surface area (Å²) in [7, 11) is -1.36. The fourth-order valence-corrected chi connectivity index (χ4v) is 4.23. The van der Waals surface area contributed by atoms with Gasteiger partial charge in [0.1, 0.15) is 0 Å². The molecule has 1 saturated heterocycles. The molecule has 0 aromatic heterocycles. The summed E-state index contributed by atoms with van der Waals surface area (Å²) in [5, 5.41) is 6.80. The van der Waals surface area contributed by atoms with Gasteiger partial charge in [0.2, 0.25) is 0 Å². The molecular weight excluding hydrogens is 499 g/mol. The van der Waals surface area contributed by atoms with Crippen molar-refractivity contribution in [2.24, 2.45) is 10.9 Å². The van der Waals surface area contributed by atoms with E-state index in [0.717, 1.165) is 50.0 Å². The van der Waals surface area contributed by atoms with Gasteiger partial charge in [0.15, 0.2) is 15.8 Å². The molecular formula is C21H37IN4O2S. The molecule has 2 N–H and O–H groups in total. The second-order valence-corrected chi connectivity index (χ2v) is 10.5. The van der Waals surface area contributed by atoms with E-state index in [-0.39, 0.29) is 29.5 Å². The number of likely N-dealkylation sites (tertiary alicyclic amines) is 1. The Balaban J connectivity index is 0.00000420. The zero-order valence-electron chi connectivity index (χ0n) is 18.4. The molecule has 0 spiro atoms. The van der Waals surface area contributed by atoms with Crippen molar-refractivity contribution in [3.05, 3.63) is 29.8 Å². The number of piperidine rings is 1. The van der Waals surface area contributed by atoms with E-state index in [1.807, 2.05) is 12.1 Å². The summed E-state index contributed by atoms with van der Waals surface area (Å²) in [5.41, 5.74) is 1.17. The van der Waals surface area contributed by atoms with Gasteiger partial charge in [-0.3, -0.25) is 9.89 Å². The first-order valence-electron chi connectivity index (χ1n) is 10.1. The third-order valence-electron chi connectivity index (χ3n) is 5.48. The number of rotatable bonds is 7. The van der Waals surface area contributed by atoms with Gasteiger partial charge in [0.25, 0.3) is 0 Å². The predicted octanol–water partition coefficient (Wildman–Crippen LogP) is 2.93. The first-order valence-corrected chi connectivity index (χ1v) is 12.0. The maximum atomic E-state index is 11.5. The van der Waals surface area contributed by atoms with Crippen molar-refractivity contribution in [2.45, 2.75) is 50.5 Å². The van der Waals surface area contributed by atoms with E-state index >= 15 is 0 Å². The maximum Gasteiger partial charge on any atom is 0.191 e. The number of guanidine groups is 1. The van der Waals surface area contributed by atoms with Crippen LogP contribution in [0.2, 0.25) is 0 Å². The normalized spacial score (nSPS) is 18.8. The van der Waals surface area contributed by atoms with E-state index in [0.29, 0.717) is 4.90 Å². The van der Waals surface area contributed by atoms with E-state index < -0.39 is 9.84 Å². The minimum atomic E-state index is -3.14. The fraction of sp³-hybridized carbons (Fsp3) is 0.667. The Morgan fingerprint density at radius 1 is 1.24 bits per heavy atom. The molecule has 1 aliphatic heterocycles. The number of hydrogen-bond donors (Lipinski definition) is 2. The Labute approximate surface area is 193 Å². The Bertz CT molecular complexity index is 763. The number of hydrogen-bond acceptors (Lipinski definition) is 4. The van der Waals surface area contributed by atoms with Crippen LogP contribution >= 0.6 is 24.0 Å². The first kappa shape index (κ1) is 26.2. The van der Waals surface area contributed by atoms with Crippen molar-refractivity contribution in [3.63, 3.8) is 0 Å². The van der Waals surface area contributed by atoms with E-state index in [1.165, 1.54) is 19.1 Å². The van der Waals surface area contributed by atoms with Crippen LogP contribution in [0.4, 0.5) is 0 Å². The summed E-state index contributed by atoms with van der Waals surface area (Å²) in [6.07, 6.45) is 4.63. The molecule has 166 valence electrons. The maximum absolute atomic E-state index is 11.5. The molecule has 1 heterocycles. The number of aliphatic imine (C=N–C) groups is 1. The molecule has 0 radical (unpaired) electrons. The topological polar surface area (TPSA) is 73.8 Å². The quantitative estimate of drug-likeness (QED) is 0.319. The van der Waals surface area contributed by atoms with E-state index in [2.05, 4.69) is 41.3 Å². The van der Waals surface area contributed by atoms with Gasteiger partial charge in [-0.1, -0.05) is 19.1 Å². The molecule has 0 amide bonds. The van der Waals surface area contributed by atoms with Crippen LogP contribution in [0.5, 0.6) is 0 Å². The molecule has 8 heteroatoms. The zero-order valence-corrected chi connectivity index (χ0v) is 21.5. The fourth-order valence-electron chi connectivity index (χ4n) is 3.60. The smallest absolute Gasteiger partial charge is 0.191 e. The van der Waals surface area contributed by atoms with Crippen molar-refractivity contribution >= 4 is 39.8 Å². The lowest BCUT2D eigenvalue weighted by molar-refractivity contribution is 0.0739. The van der Waals surface area contributed by atoms with Crippen molar-refractivity contribution in [1.82, 2.24) is 15.5 Å². The second kappa shape index (κ2) is 11.5. The van der Waals surface area contributed by atoms with Gasteiger partial charge >= 0.3 is 0 Å². The molecule has 1 aliphatic rings. The first-order chi connectivity index (χ1) is 13.1. The van der Waals surface area contributed by atoms with Gasteiger partial charge in [-0.2, -0.15) is 0 Å². The summed E-state index contributed by atoms with van der Waals surface area (Å²) >= 11 is 0. The zero-order chi connectivity index (χ0) is 20.8. The molecule has 0 aliphatic carbocycles. The van der Waals surface area contributed by atoms with Crippen molar-refractivity contribution in [1.29, 1.82) is 0 Å². The highest BCUT2D eigenvalue weighted by Crippen LogP contribution is 2.23. The van der Waals surface area contributed by atoms with E-state index in [4.69, 9.17) is 0 Å².